The molecule has 18 heavy (non-hydrogen) atoms. The van der Waals surface area contributed by atoms with Crippen molar-refractivity contribution in [1.82, 2.24) is 5.32 Å². The summed E-state index contributed by atoms with van der Waals surface area (Å²) >= 11 is 0. The number of amides is 2. The second-order valence-corrected chi connectivity index (χ2v) is 4.45. The summed E-state index contributed by atoms with van der Waals surface area (Å²) in [5.41, 5.74) is 6.10. The van der Waals surface area contributed by atoms with Crippen LogP contribution in [-0.2, 0) is 9.59 Å². The van der Waals surface area contributed by atoms with Crippen LogP contribution in [0.1, 0.15) is 13.3 Å². The van der Waals surface area contributed by atoms with Gasteiger partial charge in [-0.25, -0.2) is 0 Å². The highest BCUT2D eigenvalue weighted by molar-refractivity contribution is 6.02. The zero-order valence-electron chi connectivity index (χ0n) is 10.3. The molecule has 2 unspecified atom stereocenters. The first kappa shape index (κ1) is 12.6. The van der Waals surface area contributed by atoms with E-state index < -0.39 is 6.04 Å². The second kappa shape index (κ2) is 5.18. The molecule has 1 aromatic carbocycles. The zero-order valence-corrected chi connectivity index (χ0v) is 10.3. The fourth-order valence-corrected chi connectivity index (χ4v) is 2.28. The number of carbonyl (C=O) groups is 2. The molecule has 0 radical (unpaired) electrons. The van der Waals surface area contributed by atoms with Crippen LogP contribution in [0, 0.1) is 0 Å². The van der Waals surface area contributed by atoms with E-state index in [1.807, 2.05) is 37.3 Å². The van der Waals surface area contributed by atoms with Gasteiger partial charge in [-0.15, -0.1) is 0 Å². The molecule has 1 fully saturated rings. The van der Waals surface area contributed by atoms with Crippen molar-refractivity contribution in [3.63, 3.8) is 0 Å². The van der Waals surface area contributed by atoms with Gasteiger partial charge in [0, 0.05) is 11.7 Å². The number of rotatable bonds is 3. The minimum Gasteiger partial charge on any atom is -0.343 e. The van der Waals surface area contributed by atoms with Crippen molar-refractivity contribution in [2.24, 2.45) is 5.73 Å². The first-order valence-corrected chi connectivity index (χ1v) is 6.01. The Morgan fingerprint density at radius 3 is 2.72 bits per heavy atom. The van der Waals surface area contributed by atoms with E-state index in [2.05, 4.69) is 5.32 Å². The van der Waals surface area contributed by atoms with Crippen LogP contribution in [0.5, 0.6) is 0 Å². The Labute approximate surface area is 106 Å². The van der Waals surface area contributed by atoms with Crippen LogP contribution in [0.15, 0.2) is 30.3 Å². The van der Waals surface area contributed by atoms with E-state index >= 15 is 0 Å². The third-order valence-electron chi connectivity index (χ3n) is 3.11. The number of anilines is 1. The van der Waals surface area contributed by atoms with Gasteiger partial charge < -0.3 is 16.0 Å². The number of hydrogen-bond donors (Lipinski definition) is 2. The van der Waals surface area contributed by atoms with Crippen LogP contribution in [0.2, 0.25) is 0 Å². The summed E-state index contributed by atoms with van der Waals surface area (Å²) in [7, 11) is 0. The maximum atomic E-state index is 12.2. The molecule has 0 bridgehead atoms. The van der Waals surface area contributed by atoms with Crippen molar-refractivity contribution in [3.8, 4) is 0 Å². The maximum absolute atomic E-state index is 12.2. The number of nitrogens with zero attached hydrogens (tertiary/aromatic N) is 1. The van der Waals surface area contributed by atoms with Crippen LogP contribution in [0.3, 0.4) is 0 Å². The zero-order chi connectivity index (χ0) is 13.1. The van der Waals surface area contributed by atoms with Crippen molar-refractivity contribution in [2.75, 3.05) is 11.4 Å². The van der Waals surface area contributed by atoms with Crippen LogP contribution in [-0.4, -0.2) is 30.4 Å². The highest BCUT2D eigenvalue weighted by Gasteiger charge is 2.38. The number of nitrogens with two attached hydrogens (primary N) is 1. The smallest absolute Gasteiger partial charge is 0.249 e. The summed E-state index contributed by atoms with van der Waals surface area (Å²) in [6.07, 6.45) is 0.611. The second-order valence-electron chi connectivity index (χ2n) is 4.45. The van der Waals surface area contributed by atoms with E-state index in [0.717, 1.165) is 5.69 Å². The van der Waals surface area contributed by atoms with Crippen molar-refractivity contribution in [1.29, 1.82) is 0 Å². The Morgan fingerprint density at radius 1 is 1.44 bits per heavy atom. The normalized spacial score (nSPS) is 23.2. The first-order valence-electron chi connectivity index (χ1n) is 6.01. The quantitative estimate of drug-likeness (QED) is 0.804. The average molecular weight is 247 g/mol. The molecule has 3 N–H and O–H groups in total. The van der Waals surface area contributed by atoms with Gasteiger partial charge in [-0.1, -0.05) is 18.2 Å². The largest absolute Gasteiger partial charge is 0.343 e. The fraction of sp³-hybridized carbons (Fsp3) is 0.385. The van der Waals surface area contributed by atoms with Crippen molar-refractivity contribution in [2.45, 2.75) is 25.4 Å². The summed E-state index contributed by atoms with van der Waals surface area (Å²) < 4.78 is 0. The fourth-order valence-electron chi connectivity index (χ4n) is 2.28. The van der Waals surface area contributed by atoms with Gasteiger partial charge in [-0.2, -0.15) is 0 Å². The van der Waals surface area contributed by atoms with Crippen LogP contribution >= 0.6 is 0 Å². The lowest BCUT2D eigenvalue weighted by Crippen LogP contribution is -2.44. The van der Waals surface area contributed by atoms with Gasteiger partial charge in [-0.3, -0.25) is 9.59 Å². The molecule has 0 aromatic heterocycles. The summed E-state index contributed by atoms with van der Waals surface area (Å²) in [5, 5.41) is 2.65. The van der Waals surface area contributed by atoms with E-state index in [-0.39, 0.29) is 24.4 Å². The molecule has 0 saturated carbocycles. The monoisotopic (exact) mass is 247 g/mol. The molecular formula is C13H17N3O2. The van der Waals surface area contributed by atoms with E-state index in [1.165, 1.54) is 0 Å². The van der Waals surface area contributed by atoms with Crippen LogP contribution in [0.4, 0.5) is 5.69 Å². The molecule has 1 aliphatic rings. The first-order chi connectivity index (χ1) is 8.63. The highest BCUT2D eigenvalue weighted by Crippen LogP contribution is 2.26. The third-order valence-corrected chi connectivity index (χ3v) is 3.11. The SMILES string of the molecule is CC1CC(NC(=O)CN)C(=O)N1c1ccccc1. The summed E-state index contributed by atoms with van der Waals surface area (Å²) in [5.74, 6) is -0.369. The van der Waals surface area contributed by atoms with Gasteiger partial charge in [0.2, 0.25) is 11.8 Å². The molecule has 2 atom stereocenters. The van der Waals surface area contributed by atoms with Gasteiger partial charge in [0.1, 0.15) is 6.04 Å². The molecule has 2 amide bonds. The van der Waals surface area contributed by atoms with Crippen molar-refractivity contribution in [3.05, 3.63) is 30.3 Å². The number of benzene rings is 1. The van der Waals surface area contributed by atoms with Gasteiger partial charge in [0.15, 0.2) is 0 Å². The van der Waals surface area contributed by atoms with E-state index in [1.54, 1.807) is 4.90 Å². The maximum Gasteiger partial charge on any atom is 0.249 e. The van der Waals surface area contributed by atoms with E-state index in [0.29, 0.717) is 6.42 Å². The Morgan fingerprint density at radius 2 is 2.11 bits per heavy atom. The molecule has 5 heteroatoms. The Balaban J connectivity index is 2.15. The Kier molecular flexibility index (Phi) is 3.62. The minimum absolute atomic E-state index is 0.0722. The molecule has 1 aromatic rings. The molecule has 2 rings (SSSR count). The summed E-state index contributed by atoms with van der Waals surface area (Å²) in [4.78, 5) is 25.2. The Bertz CT molecular complexity index is 447. The number of para-hydroxylation sites is 1. The van der Waals surface area contributed by atoms with Crippen LogP contribution in [0.25, 0.3) is 0 Å². The minimum atomic E-state index is -0.462. The lowest BCUT2D eigenvalue weighted by atomic mass is 10.2. The molecule has 96 valence electrons. The van der Waals surface area contributed by atoms with Crippen molar-refractivity contribution < 1.29 is 9.59 Å². The summed E-state index contributed by atoms with van der Waals surface area (Å²) in [6, 6.07) is 9.08. The summed E-state index contributed by atoms with van der Waals surface area (Å²) in [6.45, 7) is 1.88. The van der Waals surface area contributed by atoms with Gasteiger partial charge in [0.05, 0.1) is 6.54 Å². The molecule has 1 saturated heterocycles. The predicted molar refractivity (Wildman–Crippen MR) is 69.0 cm³/mol. The van der Waals surface area contributed by atoms with Gasteiger partial charge in [-0.05, 0) is 25.5 Å². The molecule has 1 heterocycles. The van der Waals surface area contributed by atoms with Gasteiger partial charge in [0.25, 0.3) is 0 Å². The van der Waals surface area contributed by atoms with E-state index in [4.69, 9.17) is 5.73 Å². The standard InChI is InChI=1S/C13H17N3O2/c1-9-7-11(15-12(17)8-14)13(18)16(9)10-5-3-2-4-6-10/h2-6,9,11H,7-8,14H2,1H3,(H,15,17). The highest BCUT2D eigenvalue weighted by atomic mass is 16.2. The topological polar surface area (TPSA) is 75.4 Å². The van der Waals surface area contributed by atoms with Gasteiger partial charge >= 0.3 is 0 Å². The Hall–Kier alpha value is -1.88. The predicted octanol–water partition coefficient (Wildman–Crippen LogP) is 0.255. The molecule has 5 nitrogen and oxygen atoms in total. The molecule has 0 aliphatic carbocycles. The average Bonchev–Trinajstić information content (AvgIpc) is 2.65. The molecule has 0 spiro atoms. The number of hydrogen-bond acceptors (Lipinski definition) is 3. The van der Waals surface area contributed by atoms with Crippen molar-refractivity contribution >= 4 is 17.5 Å². The lowest BCUT2D eigenvalue weighted by Gasteiger charge is -2.21. The number of carbonyl (C=O) groups excluding carboxylic acids is 2. The molecule has 1 aliphatic heterocycles. The van der Waals surface area contributed by atoms with E-state index in [9.17, 15) is 9.59 Å². The molecular weight excluding hydrogens is 230 g/mol. The third kappa shape index (κ3) is 2.36. The number of nitrogens with one attached hydrogen (secondary N) is 1. The van der Waals surface area contributed by atoms with Crippen LogP contribution < -0.4 is 16.0 Å². The lowest BCUT2D eigenvalue weighted by molar-refractivity contribution is -0.125.